The number of nitrogens with zero attached hydrogens (tertiary/aromatic N) is 1. The first-order valence-corrected chi connectivity index (χ1v) is 7.82. The van der Waals surface area contributed by atoms with E-state index in [2.05, 4.69) is 6.07 Å². The molecule has 22 heavy (non-hydrogen) atoms. The van der Waals surface area contributed by atoms with Crippen molar-refractivity contribution >= 4 is 11.6 Å². The van der Waals surface area contributed by atoms with E-state index in [4.69, 9.17) is 4.74 Å². The Morgan fingerprint density at radius 1 is 1.18 bits per heavy atom. The van der Waals surface area contributed by atoms with Crippen molar-refractivity contribution in [3.05, 3.63) is 59.7 Å². The lowest BCUT2D eigenvalue weighted by atomic mass is 10.0. The van der Waals surface area contributed by atoms with Gasteiger partial charge >= 0.3 is 0 Å². The van der Waals surface area contributed by atoms with Crippen LogP contribution in [0.3, 0.4) is 0 Å². The fourth-order valence-corrected chi connectivity index (χ4v) is 2.89. The van der Waals surface area contributed by atoms with Gasteiger partial charge in [-0.05, 0) is 49.1 Å². The first-order valence-electron chi connectivity index (χ1n) is 7.82. The van der Waals surface area contributed by atoms with Crippen molar-refractivity contribution < 1.29 is 9.53 Å². The number of hydrogen-bond donors (Lipinski definition) is 0. The Morgan fingerprint density at radius 3 is 2.91 bits per heavy atom. The molecule has 0 radical (unpaired) electrons. The summed E-state index contributed by atoms with van der Waals surface area (Å²) in [4.78, 5) is 14.4. The van der Waals surface area contributed by atoms with Gasteiger partial charge in [-0.2, -0.15) is 0 Å². The molecular formula is C19H21NO2. The number of ether oxygens (including phenoxy) is 1. The lowest BCUT2D eigenvalue weighted by Gasteiger charge is -2.29. The molecule has 1 heterocycles. The Hall–Kier alpha value is -2.29. The van der Waals surface area contributed by atoms with E-state index in [1.54, 1.807) is 0 Å². The number of hydrogen-bond acceptors (Lipinski definition) is 2. The fraction of sp³-hybridized carbons (Fsp3) is 0.316. The van der Waals surface area contributed by atoms with Crippen LogP contribution >= 0.6 is 0 Å². The predicted octanol–water partition coefficient (Wildman–Crippen LogP) is 3.74. The van der Waals surface area contributed by atoms with Crippen molar-refractivity contribution in [3.8, 4) is 5.75 Å². The summed E-state index contributed by atoms with van der Waals surface area (Å²) in [6.07, 6.45) is 2.49. The largest absolute Gasteiger partial charge is 0.493 e. The third-order valence-corrected chi connectivity index (χ3v) is 3.99. The molecule has 0 fully saturated rings. The van der Waals surface area contributed by atoms with E-state index in [0.717, 1.165) is 36.4 Å². The minimum atomic E-state index is 0.139. The maximum absolute atomic E-state index is 12.5. The summed E-state index contributed by atoms with van der Waals surface area (Å²) >= 11 is 0. The summed E-state index contributed by atoms with van der Waals surface area (Å²) in [6.45, 7) is 3.25. The number of anilines is 1. The molecule has 0 N–H and O–H groups in total. The smallest absolute Gasteiger partial charge is 0.230 e. The maximum atomic E-state index is 12.5. The number of fused-ring (bicyclic) bond motifs is 1. The predicted molar refractivity (Wildman–Crippen MR) is 88.4 cm³/mol. The number of aryl methyl sites for hydroxylation is 2. The topological polar surface area (TPSA) is 29.5 Å². The van der Waals surface area contributed by atoms with Crippen LogP contribution in [0.15, 0.2) is 48.5 Å². The van der Waals surface area contributed by atoms with Gasteiger partial charge in [-0.1, -0.05) is 30.3 Å². The molecule has 1 aliphatic heterocycles. The van der Waals surface area contributed by atoms with Gasteiger partial charge in [0.25, 0.3) is 0 Å². The zero-order valence-corrected chi connectivity index (χ0v) is 12.9. The van der Waals surface area contributed by atoms with Crippen molar-refractivity contribution in [1.82, 2.24) is 0 Å². The summed E-state index contributed by atoms with van der Waals surface area (Å²) in [7, 11) is 0. The van der Waals surface area contributed by atoms with Gasteiger partial charge in [0.1, 0.15) is 5.75 Å². The van der Waals surface area contributed by atoms with Crippen LogP contribution in [-0.4, -0.2) is 19.1 Å². The maximum Gasteiger partial charge on any atom is 0.230 e. The van der Waals surface area contributed by atoms with Crippen LogP contribution in [-0.2, 0) is 11.2 Å². The normalized spacial score (nSPS) is 13.6. The lowest BCUT2D eigenvalue weighted by molar-refractivity contribution is -0.119. The summed E-state index contributed by atoms with van der Waals surface area (Å²) in [5.74, 6) is 0.964. The second kappa shape index (κ2) is 6.65. The third-order valence-electron chi connectivity index (χ3n) is 3.99. The highest BCUT2D eigenvalue weighted by Crippen LogP contribution is 2.27. The molecule has 0 aromatic heterocycles. The fourth-order valence-electron chi connectivity index (χ4n) is 2.89. The van der Waals surface area contributed by atoms with Gasteiger partial charge in [0.15, 0.2) is 0 Å². The molecule has 2 aromatic carbocycles. The molecule has 3 nitrogen and oxygen atoms in total. The zero-order valence-electron chi connectivity index (χ0n) is 12.9. The molecule has 0 saturated carbocycles. The Morgan fingerprint density at radius 2 is 2.05 bits per heavy atom. The van der Waals surface area contributed by atoms with Gasteiger partial charge in [0.2, 0.25) is 5.91 Å². The Balaban J connectivity index is 1.59. The molecule has 3 rings (SSSR count). The molecule has 1 aliphatic rings. The van der Waals surface area contributed by atoms with Gasteiger partial charge in [-0.15, -0.1) is 0 Å². The second-order valence-corrected chi connectivity index (χ2v) is 5.69. The van der Waals surface area contributed by atoms with E-state index in [1.165, 1.54) is 5.56 Å². The number of para-hydroxylation sites is 1. The van der Waals surface area contributed by atoms with Crippen molar-refractivity contribution in [2.45, 2.75) is 26.2 Å². The molecular weight excluding hydrogens is 274 g/mol. The summed E-state index contributed by atoms with van der Waals surface area (Å²) in [6, 6.07) is 16.1. The van der Waals surface area contributed by atoms with Crippen LogP contribution in [0.4, 0.5) is 5.69 Å². The summed E-state index contributed by atoms with van der Waals surface area (Å²) in [5.41, 5.74) is 3.49. The second-order valence-electron chi connectivity index (χ2n) is 5.69. The van der Waals surface area contributed by atoms with Crippen LogP contribution in [0, 0.1) is 6.92 Å². The van der Waals surface area contributed by atoms with Crippen LogP contribution in [0.1, 0.15) is 24.0 Å². The van der Waals surface area contributed by atoms with Gasteiger partial charge in [-0.25, -0.2) is 0 Å². The van der Waals surface area contributed by atoms with Crippen molar-refractivity contribution in [3.63, 3.8) is 0 Å². The van der Waals surface area contributed by atoms with Gasteiger partial charge in [0.05, 0.1) is 13.0 Å². The van der Waals surface area contributed by atoms with Crippen LogP contribution < -0.4 is 9.64 Å². The lowest BCUT2D eigenvalue weighted by Crippen LogP contribution is -2.36. The Kier molecular flexibility index (Phi) is 4.42. The molecule has 1 amide bonds. The highest BCUT2D eigenvalue weighted by molar-refractivity contribution is 5.94. The van der Waals surface area contributed by atoms with Crippen LogP contribution in [0.5, 0.6) is 5.75 Å². The molecule has 0 saturated heterocycles. The van der Waals surface area contributed by atoms with E-state index in [1.807, 2.05) is 54.3 Å². The minimum absolute atomic E-state index is 0.139. The highest BCUT2D eigenvalue weighted by atomic mass is 16.5. The molecule has 114 valence electrons. The number of amides is 1. The first kappa shape index (κ1) is 14.6. The quantitative estimate of drug-likeness (QED) is 0.860. The van der Waals surface area contributed by atoms with E-state index in [0.29, 0.717) is 13.0 Å². The first-order chi connectivity index (χ1) is 10.7. The number of rotatable bonds is 4. The molecule has 3 heteroatoms. The molecule has 0 spiro atoms. The van der Waals surface area contributed by atoms with Crippen molar-refractivity contribution in [2.24, 2.45) is 0 Å². The molecule has 0 unspecified atom stereocenters. The minimum Gasteiger partial charge on any atom is -0.493 e. The number of carbonyl (C=O) groups is 1. The summed E-state index contributed by atoms with van der Waals surface area (Å²) in [5, 5.41) is 0. The van der Waals surface area contributed by atoms with Gasteiger partial charge in [0, 0.05) is 12.2 Å². The third kappa shape index (κ3) is 3.30. The van der Waals surface area contributed by atoms with E-state index in [-0.39, 0.29) is 5.91 Å². The van der Waals surface area contributed by atoms with E-state index in [9.17, 15) is 4.79 Å². The number of carbonyl (C=O) groups excluding carboxylic acids is 1. The van der Waals surface area contributed by atoms with Gasteiger partial charge < -0.3 is 9.64 Å². The Bertz CT molecular complexity index is 666. The summed E-state index contributed by atoms with van der Waals surface area (Å²) < 4.78 is 5.69. The van der Waals surface area contributed by atoms with E-state index >= 15 is 0 Å². The van der Waals surface area contributed by atoms with Crippen molar-refractivity contribution in [2.75, 3.05) is 18.1 Å². The van der Waals surface area contributed by atoms with Crippen LogP contribution in [0.25, 0.3) is 0 Å². The average Bonchev–Trinajstić information content (AvgIpc) is 2.54. The molecule has 0 atom stereocenters. The van der Waals surface area contributed by atoms with Crippen molar-refractivity contribution in [1.29, 1.82) is 0 Å². The van der Waals surface area contributed by atoms with Gasteiger partial charge in [-0.3, -0.25) is 4.79 Å². The van der Waals surface area contributed by atoms with Crippen LogP contribution in [0.2, 0.25) is 0 Å². The molecule has 0 aliphatic carbocycles. The standard InChI is InChI=1S/C19H21NO2/c1-15-6-4-9-17(14-15)22-13-11-19(21)20-12-5-8-16-7-2-3-10-18(16)20/h2-4,6-7,9-10,14H,5,8,11-13H2,1H3. The number of benzene rings is 2. The van der Waals surface area contributed by atoms with E-state index < -0.39 is 0 Å². The SMILES string of the molecule is Cc1cccc(OCCC(=O)N2CCCc3ccccc32)c1. The molecule has 0 bridgehead atoms. The monoisotopic (exact) mass is 295 g/mol. The Labute approximate surface area is 131 Å². The average molecular weight is 295 g/mol. The highest BCUT2D eigenvalue weighted by Gasteiger charge is 2.21. The molecule has 2 aromatic rings. The zero-order chi connectivity index (χ0) is 15.4.